The molecule has 3 aromatic carbocycles. The largest absolute Gasteiger partial charge is 0.504 e. The minimum Gasteiger partial charge on any atom is -0.504 e. The molecule has 0 heterocycles. The third kappa shape index (κ3) is 7.05. The van der Waals surface area contributed by atoms with E-state index in [1.807, 2.05) is 6.07 Å². The number of benzene rings is 3. The number of carbonyl (C=O) groups excluding carboxylic acids is 1. The van der Waals surface area contributed by atoms with Crippen molar-refractivity contribution >= 4 is 22.1 Å². The molecule has 0 fully saturated rings. The van der Waals surface area contributed by atoms with Crippen LogP contribution >= 0.6 is 0 Å². The van der Waals surface area contributed by atoms with E-state index in [4.69, 9.17) is 9.47 Å². The first-order valence-corrected chi connectivity index (χ1v) is 12.2. The minimum atomic E-state index is -3.99. The number of methoxy groups -OCH3 is 1. The van der Waals surface area contributed by atoms with Crippen LogP contribution in [0.5, 0.6) is 17.2 Å². The van der Waals surface area contributed by atoms with E-state index < -0.39 is 22.5 Å². The van der Waals surface area contributed by atoms with Gasteiger partial charge in [0.05, 0.1) is 31.4 Å². The van der Waals surface area contributed by atoms with E-state index in [1.165, 1.54) is 31.5 Å². The normalized spacial score (nSPS) is 11.5. The number of nitrogens with one attached hydrogen (secondary N) is 1. The van der Waals surface area contributed by atoms with E-state index in [9.17, 15) is 18.3 Å². The van der Waals surface area contributed by atoms with E-state index in [-0.39, 0.29) is 17.2 Å². The molecule has 35 heavy (non-hydrogen) atoms. The molecule has 0 spiro atoms. The number of sulfonamides is 1. The number of hydrogen-bond donors (Lipinski definition) is 2. The first kappa shape index (κ1) is 25.7. The van der Waals surface area contributed by atoms with E-state index in [2.05, 4.69) is 10.5 Å². The molecule has 0 aliphatic carbocycles. The SMILES string of the molecule is CCOc1cc(/C=N\NC(=O)CN(Cc2ccccc2)S(=O)(=O)c2ccc(OC)cc2)ccc1O. The zero-order valence-electron chi connectivity index (χ0n) is 19.4. The van der Waals surface area contributed by atoms with Crippen molar-refractivity contribution < 1.29 is 27.8 Å². The second kappa shape index (κ2) is 12.0. The van der Waals surface area contributed by atoms with Crippen molar-refractivity contribution in [2.45, 2.75) is 18.4 Å². The van der Waals surface area contributed by atoms with Gasteiger partial charge in [-0.2, -0.15) is 9.41 Å². The molecule has 0 radical (unpaired) electrons. The minimum absolute atomic E-state index is 0.00200. The van der Waals surface area contributed by atoms with Crippen molar-refractivity contribution in [1.82, 2.24) is 9.73 Å². The van der Waals surface area contributed by atoms with Gasteiger partial charge >= 0.3 is 0 Å². The van der Waals surface area contributed by atoms with Crippen molar-refractivity contribution in [3.05, 3.63) is 83.9 Å². The Bertz CT molecular complexity index is 1260. The fourth-order valence-corrected chi connectivity index (χ4v) is 4.55. The number of hydrogen-bond acceptors (Lipinski definition) is 7. The van der Waals surface area contributed by atoms with Crippen molar-refractivity contribution in [3.63, 3.8) is 0 Å². The molecule has 2 N–H and O–H groups in total. The number of phenolic OH excluding ortho intramolecular Hbond substituents is 1. The Morgan fingerprint density at radius 2 is 1.80 bits per heavy atom. The average molecular weight is 498 g/mol. The van der Waals surface area contributed by atoms with Gasteiger partial charge in [0.2, 0.25) is 10.0 Å². The second-order valence-electron chi connectivity index (χ2n) is 7.39. The van der Waals surface area contributed by atoms with Gasteiger partial charge in [-0.25, -0.2) is 13.8 Å². The lowest BCUT2D eigenvalue weighted by Crippen LogP contribution is -2.39. The molecule has 10 heteroatoms. The number of aromatic hydroxyl groups is 1. The molecule has 1 amide bonds. The predicted molar refractivity (Wildman–Crippen MR) is 132 cm³/mol. The maximum atomic E-state index is 13.3. The highest BCUT2D eigenvalue weighted by Gasteiger charge is 2.27. The fourth-order valence-electron chi connectivity index (χ4n) is 3.17. The number of carbonyl (C=O) groups is 1. The van der Waals surface area contributed by atoms with Gasteiger partial charge in [-0.05, 0) is 60.5 Å². The van der Waals surface area contributed by atoms with Gasteiger partial charge in [-0.15, -0.1) is 0 Å². The molecule has 3 aromatic rings. The van der Waals surface area contributed by atoms with Gasteiger partial charge in [0, 0.05) is 6.54 Å². The van der Waals surface area contributed by atoms with Gasteiger partial charge in [0.25, 0.3) is 5.91 Å². The van der Waals surface area contributed by atoms with Crippen LogP contribution in [0.4, 0.5) is 0 Å². The summed E-state index contributed by atoms with van der Waals surface area (Å²) in [6.45, 7) is 1.73. The Balaban J connectivity index is 1.76. The smallest absolute Gasteiger partial charge is 0.255 e. The summed E-state index contributed by atoms with van der Waals surface area (Å²) in [4.78, 5) is 12.7. The molecular formula is C25H27N3O6S. The van der Waals surface area contributed by atoms with Crippen molar-refractivity contribution in [3.8, 4) is 17.2 Å². The summed E-state index contributed by atoms with van der Waals surface area (Å²) in [5.41, 5.74) is 3.67. The maximum Gasteiger partial charge on any atom is 0.255 e. The molecule has 0 aliphatic rings. The molecule has 0 bridgehead atoms. The lowest BCUT2D eigenvalue weighted by atomic mass is 10.2. The zero-order valence-corrected chi connectivity index (χ0v) is 20.2. The third-order valence-corrected chi connectivity index (χ3v) is 6.71. The fraction of sp³-hybridized carbons (Fsp3) is 0.200. The van der Waals surface area contributed by atoms with E-state index in [0.717, 1.165) is 9.87 Å². The predicted octanol–water partition coefficient (Wildman–Crippen LogP) is 3.14. The molecule has 3 rings (SSSR count). The molecule has 0 aliphatic heterocycles. The molecule has 0 saturated heterocycles. The maximum absolute atomic E-state index is 13.3. The second-order valence-corrected chi connectivity index (χ2v) is 9.33. The summed E-state index contributed by atoms with van der Waals surface area (Å²) in [6, 6.07) is 19.6. The van der Waals surface area contributed by atoms with Gasteiger partial charge in [0.1, 0.15) is 5.75 Å². The molecule has 0 saturated carbocycles. The highest BCUT2D eigenvalue weighted by Crippen LogP contribution is 2.26. The Morgan fingerprint density at radius 1 is 1.09 bits per heavy atom. The Kier molecular flexibility index (Phi) is 8.82. The van der Waals surface area contributed by atoms with Gasteiger partial charge in [0.15, 0.2) is 11.5 Å². The summed E-state index contributed by atoms with van der Waals surface area (Å²) in [6.07, 6.45) is 1.37. The lowest BCUT2D eigenvalue weighted by Gasteiger charge is -2.21. The van der Waals surface area contributed by atoms with Crippen LogP contribution in [0.15, 0.2) is 82.8 Å². The Morgan fingerprint density at radius 3 is 2.46 bits per heavy atom. The topological polar surface area (TPSA) is 118 Å². The summed E-state index contributed by atoms with van der Waals surface area (Å²) in [7, 11) is -2.50. The Labute approximate surface area is 204 Å². The first-order chi connectivity index (χ1) is 16.8. The van der Waals surface area contributed by atoms with Crippen LogP contribution in [0, 0.1) is 0 Å². The van der Waals surface area contributed by atoms with E-state index in [0.29, 0.717) is 23.7 Å². The van der Waals surface area contributed by atoms with Gasteiger partial charge in [-0.3, -0.25) is 4.79 Å². The molecule has 0 atom stereocenters. The van der Waals surface area contributed by atoms with Crippen LogP contribution in [-0.4, -0.2) is 50.2 Å². The molecule has 0 aromatic heterocycles. The van der Waals surface area contributed by atoms with Crippen LogP contribution in [0.2, 0.25) is 0 Å². The standard InChI is InChI=1S/C25H27N3O6S/c1-3-34-24-15-20(9-14-23(24)29)16-26-27-25(30)18-28(17-19-7-5-4-6-8-19)35(31,32)22-12-10-21(33-2)11-13-22/h4-16,29H,3,17-18H2,1-2H3,(H,27,30)/b26-16-. The third-order valence-electron chi connectivity index (χ3n) is 4.91. The van der Waals surface area contributed by atoms with E-state index in [1.54, 1.807) is 55.5 Å². The highest BCUT2D eigenvalue weighted by molar-refractivity contribution is 7.89. The molecular weight excluding hydrogens is 470 g/mol. The summed E-state index contributed by atoms with van der Waals surface area (Å²) < 4.78 is 38.2. The number of hydrazone groups is 1. The quantitative estimate of drug-likeness (QED) is 0.310. The summed E-state index contributed by atoms with van der Waals surface area (Å²) in [5.74, 6) is 0.196. The number of nitrogens with zero attached hydrogens (tertiary/aromatic N) is 2. The molecule has 9 nitrogen and oxygen atoms in total. The van der Waals surface area contributed by atoms with Crippen molar-refractivity contribution in [2.24, 2.45) is 5.10 Å². The van der Waals surface area contributed by atoms with Crippen LogP contribution in [0.1, 0.15) is 18.1 Å². The molecule has 0 unspecified atom stereocenters. The van der Waals surface area contributed by atoms with Crippen molar-refractivity contribution in [1.29, 1.82) is 0 Å². The summed E-state index contributed by atoms with van der Waals surface area (Å²) in [5, 5.41) is 13.7. The number of phenols is 1. The number of amides is 1. The molecule has 184 valence electrons. The van der Waals surface area contributed by atoms with Crippen LogP contribution in [0.25, 0.3) is 0 Å². The monoisotopic (exact) mass is 497 g/mol. The van der Waals surface area contributed by atoms with Crippen LogP contribution < -0.4 is 14.9 Å². The van der Waals surface area contributed by atoms with Crippen molar-refractivity contribution in [2.75, 3.05) is 20.3 Å². The highest BCUT2D eigenvalue weighted by atomic mass is 32.2. The van der Waals surface area contributed by atoms with E-state index >= 15 is 0 Å². The van der Waals surface area contributed by atoms with Crippen LogP contribution in [0.3, 0.4) is 0 Å². The Hall–Kier alpha value is -3.89. The van der Waals surface area contributed by atoms with Gasteiger partial charge < -0.3 is 14.6 Å². The zero-order chi connectivity index (χ0) is 25.3. The summed E-state index contributed by atoms with van der Waals surface area (Å²) >= 11 is 0. The first-order valence-electron chi connectivity index (χ1n) is 10.8. The van der Waals surface area contributed by atoms with Crippen LogP contribution in [-0.2, 0) is 21.4 Å². The number of rotatable bonds is 11. The lowest BCUT2D eigenvalue weighted by molar-refractivity contribution is -0.121. The number of ether oxygens (including phenoxy) is 2. The average Bonchev–Trinajstić information content (AvgIpc) is 2.86. The van der Waals surface area contributed by atoms with Gasteiger partial charge in [-0.1, -0.05) is 30.3 Å².